The van der Waals surface area contributed by atoms with Crippen molar-refractivity contribution in [3.63, 3.8) is 0 Å². The molecule has 2 fully saturated rings. The molecule has 0 saturated carbocycles. The third-order valence-corrected chi connectivity index (χ3v) is 6.32. The number of aryl methyl sites for hydroxylation is 1. The number of nitrogens with one attached hydrogen (secondary N) is 2. The molecule has 0 bridgehead atoms. The molecule has 0 radical (unpaired) electrons. The van der Waals surface area contributed by atoms with Crippen molar-refractivity contribution < 1.29 is 0 Å². The molecule has 5 rings (SSSR count). The van der Waals surface area contributed by atoms with Crippen LogP contribution in [-0.4, -0.2) is 45.4 Å². The fourth-order valence-corrected chi connectivity index (χ4v) is 4.70. The Hall–Kier alpha value is -2.77. The van der Waals surface area contributed by atoms with E-state index in [0.29, 0.717) is 17.9 Å². The summed E-state index contributed by atoms with van der Waals surface area (Å²) in [6, 6.07) is 15.4. The maximum absolute atomic E-state index is 4.48. The highest BCUT2D eigenvalue weighted by Gasteiger charge is 2.36. The van der Waals surface area contributed by atoms with Crippen LogP contribution in [0.5, 0.6) is 0 Å². The molecule has 2 unspecified atom stereocenters. The van der Waals surface area contributed by atoms with Crippen LogP contribution in [-0.2, 0) is 7.05 Å². The van der Waals surface area contributed by atoms with Crippen molar-refractivity contribution in [1.29, 1.82) is 0 Å². The molecule has 0 aliphatic carbocycles. The van der Waals surface area contributed by atoms with Gasteiger partial charge in [0.25, 0.3) is 0 Å². The van der Waals surface area contributed by atoms with Gasteiger partial charge in [0, 0.05) is 51.0 Å². The van der Waals surface area contributed by atoms with E-state index in [2.05, 4.69) is 67.3 Å². The van der Waals surface area contributed by atoms with Crippen LogP contribution in [0, 0.1) is 5.92 Å². The largest absolute Gasteiger partial charge is 0.355 e. The van der Waals surface area contributed by atoms with Gasteiger partial charge in [0.05, 0.1) is 0 Å². The lowest BCUT2D eigenvalue weighted by Crippen LogP contribution is -2.44. The number of aromatic nitrogens is 4. The fraction of sp³-hybridized carbons (Fsp3) is 0.409. The van der Waals surface area contributed by atoms with E-state index in [9.17, 15) is 0 Å². The first-order valence-corrected chi connectivity index (χ1v) is 10.4. The van der Waals surface area contributed by atoms with Gasteiger partial charge in [-0.15, -0.1) is 10.2 Å². The van der Waals surface area contributed by atoms with Crippen molar-refractivity contribution in [1.82, 2.24) is 30.6 Å². The quantitative estimate of drug-likeness (QED) is 0.714. The number of piperidine rings is 1. The summed E-state index contributed by atoms with van der Waals surface area (Å²) < 4.78 is 1.96. The highest BCUT2D eigenvalue weighted by molar-refractivity contribution is 5.51. The Morgan fingerprint density at radius 1 is 1.00 bits per heavy atom. The average Bonchev–Trinajstić information content (AvgIpc) is 3.44. The second-order valence-electron chi connectivity index (χ2n) is 8.03. The van der Waals surface area contributed by atoms with E-state index in [-0.39, 0.29) is 0 Å². The van der Waals surface area contributed by atoms with Crippen molar-refractivity contribution in [2.24, 2.45) is 13.0 Å². The third-order valence-electron chi connectivity index (χ3n) is 6.32. The Balaban J connectivity index is 1.23. The van der Waals surface area contributed by atoms with E-state index >= 15 is 0 Å². The van der Waals surface area contributed by atoms with Gasteiger partial charge in [0.1, 0.15) is 5.69 Å². The lowest BCUT2D eigenvalue weighted by molar-refractivity contribution is 0.295. The molecule has 0 amide bonds. The minimum Gasteiger partial charge on any atom is -0.355 e. The Labute approximate surface area is 171 Å². The van der Waals surface area contributed by atoms with Crippen LogP contribution in [0.1, 0.15) is 24.3 Å². The Bertz CT molecular complexity index is 929. The van der Waals surface area contributed by atoms with Crippen LogP contribution in [0.3, 0.4) is 0 Å². The zero-order valence-electron chi connectivity index (χ0n) is 16.7. The van der Waals surface area contributed by atoms with Crippen LogP contribution < -0.4 is 15.8 Å². The van der Waals surface area contributed by atoms with Crippen LogP contribution in [0.25, 0.3) is 11.5 Å². The summed E-state index contributed by atoms with van der Waals surface area (Å²) in [5.41, 5.74) is 9.18. The van der Waals surface area contributed by atoms with E-state index in [1.807, 2.05) is 23.9 Å². The first-order chi connectivity index (χ1) is 14.3. The molecule has 2 N–H and O–H groups in total. The number of hydrogen-bond acceptors (Lipinski definition) is 6. The first-order valence-electron chi connectivity index (χ1n) is 10.4. The van der Waals surface area contributed by atoms with Gasteiger partial charge in [-0.05, 0) is 36.5 Å². The van der Waals surface area contributed by atoms with Gasteiger partial charge in [-0.3, -0.25) is 10.9 Å². The zero-order valence-corrected chi connectivity index (χ0v) is 16.7. The summed E-state index contributed by atoms with van der Waals surface area (Å²) in [5, 5.41) is 8.89. The van der Waals surface area contributed by atoms with Gasteiger partial charge in [-0.25, -0.2) is 4.98 Å². The number of hydrazine groups is 1. The predicted octanol–water partition coefficient (Wildman–Crippen LogP) is 2.35. The van der Waals surface area contributed by atoms with Crippen LogP contribution >= 0.6 is 0 Å². The summed E-state index contributed by atoms with van der Waals surface area (Å²) in [7, 11) is 1.97. The zero-order chi connectivity index (χ0) is 19.6. The second kappa shape index (κ2) is 7.93. The van der Waals surface area contributed by atoms with Gasteiger partial charge < -0.3 is 9.47 Å². The fourth-order valence-electron chi connectivity index (χ4n) is 4.70. The number of benzene rings is 1. The van der Waals surface area contributed by atoms with Crippen molar-refractivity contribution in [2.75, 3.05) is 24.5 Å². The molecule has 7 nitrogen and oxygen atoms in total. The van der Waals surface area contributed by atoms with Crippen LogP contribution in [0.4, 0.5) is 5.82 Å². The number of rotatable bonds is 4. The van der Waals surface area contributed by atoms with Gasteiger partial charge in [0.2, 0.25) is 0 Å². The highest BCUT2D eigenvalue weighted by Crippen LogP contribution is 2.33. The minimum absolute atomic E-state index is 0.483. The Morgan fingerprint density at radius 2 is 1.83 bits per heavy atom. The number of nitrogens with zero attached hydrogens (tertiary/aromatic N) is 5. The van der Waals surface area contributed by atoms with Crippen molar-refractivity contribution in [3.05, 3.63) is 60.4 Å². The molecule has 29 heavy (non-hydrogen) atoms. The molecule has 2 aliphatic heterocycles. The number of anilines is 1. The van der Waals surface area contributed by atoms with Crippen molar-refractivity contribution >= 4 is 5.82 Å². The monoisotopic (exact) mass is 389 g/mol. The van der Waals surface area contributed by atoms with E-state index in [1.165, 1.54) is 5.56 Å². The smallest absolute Gasteiger partial charge is 0.160 e. The van der Waals surface area contributed by atoms with Crippen LogP contribution in [0.2, 0.25) is 0 Å². The summed E-state index contributed by atoms with van der Waals surface area (Å²) in [6.07, 6.45) is 6.02. The molecule has 2 aliphatic rings. The van der Waals surface area contributed by atoms with Gasteiger partial charge >= 0.3 is 0 Å². The van der Waals surface area contributed by atoms with E-state index in [1.54, 1.807) is 6.20 Å². The lowest BCUT2D eigenvalue weighted by Gasteiger charge is -2.37. The number of hydrogen-bond donors (Lipinski definition) is 2. The van der Waals surface area contributed by atoms with E-state index in [0.717, 1.165) is 49.8 Å². The lowest BCUT2D eigenvalue weighted by atomic mass is 9.80. The van der Waals surface area contributed by atoms with Crippen LogP contribution in [0.15, 0.2) is 54.9 Å². The van der Waals surface area contributed by atoms with E-state index < -0.39 is 0 Å². The maximum atomic E-state index is 4.48. The average molecular weight is 390 g/mol. The molecule has 150 valence electrons. The van der Waals surface area contributed by atoms with Crippen molar-refractivity contribution in [3.8, 4) is 11.5 Å². The minimum atomic E-state index is 0.483. The number of imidazole rings is 1. The molecular weight excluding hydrogens is 362 g/mol. The summed E-state index contributed by atoms with van der Waals surface area (Å²) in [6.45, 7) is 3.02. The van der Waals surface area contributed by atoms with Gasteiger partial charge in [-0.1, -0.05) is 30.3 Å². The predicted molar refractivity (Wildman–Crippen MR) is 113 cm³/mol. The molecule has 7 heteroatoms. The SMILES string of the molecule is Cn1ccnc1-c1ccc(N2CCC(C3NNCC3c3ccccc3)CC2)nn1. The van der Waals surface area contributed by atoms with Crippen molar-refractivity contribution in [2.45, 2.75) is 24.8 Å². The maximum Gasteiger partial charge on any atom is 0.160 e. The molecule has 1 aromatic carbocycles. The normalized spacial score (nSPS) is 22.9. The topological polar surface area (TPSA) is 70.9 Å². The Kier molecular flexibility index (Phi) is 4.99. The third kappa shape index (κ3) is 3.63. The van der Waals surface area contributed by atoms with Gasteiger partial charge in [0.15, 0.2) is 11.6 Å². The second-order valence-corrected chi connectivity index (χ2v) is 8.03. The summed E-state index contributed by atoms with van der Waals surface area (Å²) in [5.74, 6) is 2.99. The molecule has 2 atom stereocenters. The van der Waals surface area contributed by atoms with Gasteiger partial charge in [-0.2, -0.15) is 0 Å². The molecular formula is C22H27N7. The Morgan fingerprint density at radius 3 is 2.52 bits per heavy atom. The highest BCUT2D eigenvalue weighted by atomic mass is 15.4. The molecule has 2 saturated heterocycles. The summed E-state index contributed by atoms with van der Waals surface area (Å²) >= 11 is 0. The molecule has 4 heterocycles. The molecule has 3 aromatic rings. The standard InChI is InChI=1S/C22H27N7/c1-28-14-11-23-22(28)19-7-8-20(26-25-19)29-12-9-17(10-13-29)21-18(15-24-27-21)16-5-3-2-4-6-16/h2-8,11,14,17-18,21,24,27H,9-10,12-13,15H2,1H3. The first kappa shape index (κ1) is 18.3. The summed E-state index contributed by atoms with van der Waals surface area (Å²) in [4.78, 5) is 6.70. The molecule has 2 aromatic heterocycles. The molecule has 0 spiro atoms. The van der Waals surface area contributed by atoms with E-state index in [4.69, 9.17) is 0 Å².